The highest BCUT2D eigenvalue weighted by molar-refractivity contribution is 5.80. The normalized spacial score (nSPS) is 11.4. The van der Waals surface area contributed by atoms with Gasteiger partial charge in [-0.3, -0.25) is 4.85 Å². The molecule has 0 saturated heterocycles. The third kappa shape index (κ3) is 4.62. The summed E-state index contributed by atoms with van der Waals surface area (Å²) in [4.78, 5) is 15.7. The van der Waals surface area contributed by atoms with Crippen molar-refractivity contribution in [1.29, 1.82) is 0 Å². The Bertz CT molecular complexity index is 943. The van der Waals surface area contributed by atoms with Crippen molar-refractivity contribution in [2.24, 2.45) is 0 Å². The summed E-state index contributed by atoms with van der Waals surface area (Å²) in [6.07, 6.45) is 1.43. The molecular formula is C24H21NO2. The zero-order chi connectivity index (χ0) is 19.1. The maximum Gasteiger partial charge on any atom is 0.395 e. The van der Waals surface area contributed by atoms with Gasteiger partial charge in [-0.2, -0.15) is 0 Å². The van der Waals surface area contributed by atoms with Gasteiger partial charge in [0, 0.05) is 5.56 Å². The van der Waals surface area contributed by atoms with E-state index in [9.17, 15) is 4.79 Å². The number of rotatable bonds is 6. The molecule has 0 N–H and O–H groups in total. The monoisotopic (exact) mass is 355 g/mol. The van der Waals surface area contributed by atoms with Crippen molar-refractivity contribution in [1.82, 2.24) is 0 Å². The molecule has 3 rings (SSSR count). The molecule has 0 saturated carbocycles. The second-order valence-corrected chi connectivity index (χ2v) is 6.41. The second-order valence-electron chi connectivity index (χ2n) is 6.41. The first-order valence-electron chi connectivity index (χ1n) is 8.85. The quantitative estimate of drug-likeness (QED) is 0.460. The van der Waals surface area contributed by atoms with Crippen molar-refractivity contribution < 1.29 is 9.53 Å². The highest BCUT2D eigenvalue weighted by atomic mass is 16.5. The number of ether oxygens (including phenoxy) is 1. The first-order valence-corrected chi connectivity index (χ1v) is 8.85. The Kier molecular flexibility index (Phi) is 6.02. The van der Waals surface area contributed by atoms with Crippen LogP contribution in [-0.4, -0.2) is 13.1 Å². The molecule has 0 amide bonds. The molecule has 3 aromatic rings. The van der Waals surface area contributed by atoms with Crippen molar-refractivity contribution in [2.75, 3.05) is 7.11 Å². The molecule has 3 heteroatoms. The number of carbonyl (C=O) groups excluding carboxylic acids is 1. The Morgan fingerprint density at radius 1 is 0.889 bits per heavy atom. The van der Waals surface area contributed by atoms with E-state index in [0.717, 1.165) is 28.7 Å². The summed E-state index contributed by atoms with van der Waals surface area (Å²) in [5, 5.41) is 0. The van der Waals surface area contributed by atoms with Gasteiger partial charge in [-0.15, -0.1) is 0 Å². The van der Waals surface area contributed by atoms with Crippen LogP contribution in [0.3, 0.4) is 0 Å². The Hall–Kier alpha value is -3.38. The van der Waals surface area contributed by atoms with E-state index in [-0.39, 0.29) is 0 Å². The minimum absolute atomic E-state index is 0.517. The smallest absolute Gasteiger partial charge is 0.395 e. The lowest BCUT2D eigenvalue weighted by atomic mass is 9.92. The summed E-state index contributed by atoms with van der Waals surface area (Å²) in [6, 6.07) is 25.4. The number of benzene rings is 3. The van der Waals surface area contributed by atoms with E-state index < -0.39 is 12.0 Å². The van der Waals surface area contributed by atoms with E-state index in [1.807, 2.05) is 60.7 Å². The fourth-order valence-electron chi connectivity index (χ4n) is 3.18. The highest BCUT2D eigenvalue weighted by Crippen LogP contribution is 2.27. The van der Waals surface area contributed by atoms with Crippen molar-refractivity contribution >= 4 is 5.97 Å². The van der Waals surface area contributed by atoms with E-state index in [2.05, 4.69) is 23.0 Å². The fourth-order valence-corrected chi connectivity index (χ4v) is 3.18. The lowest BCUT2D eigenvalue weighted by Crippen LogP contribution is -2.13. The van der Waals surface area contributed by atoms with Crippen LogP contribution in [-0.2, 0) is 22.4 Å². The van der Waals surface area contributed by atoms with E-state index >= 15 is 0 Å². The molecule has 0 aliphatic heterocycles. The molecule has 0 spiro atoms. The summed E-state index contributed by atoms with van der Waals surface area (Å²) in [5.41, 5.74) is 5.11. The molecule has 0 bridgehead atoms. The third-order valence-electron chi connectivity index (χ3n) is 4.55. The van der Waals surface area contributed by atoms with Gasteiger partial charge in [0.1, 0.15) is 0 Å². The summed E-state index contributed by atoms with van der Waals surface area (Å²) >= 11 is 0. The summed E-state index contributed by atoms with van der Waals surface area (Å²) in [7, 11) is 1.32. The zero-order valence-corrected chi connectivity index (χ0v) is 15.3. The van der Waals surface area contributed by atoms with Crippen LogP contribution < -0.4 is 0 Å². The second kappa shape index (κ2) is 8.82. The molecule has 3 nitrogen and oxygen atoms in total. The predicted octanol–water partition coefficient (Wildman–Crippen LogP) is 5.00. The Morgan fingerprint density at radius 2 is 1.48 bits per heavy atom. The maximum absolute atomic E-state index is 12.2. The van der Waals surface area contributed by atoms with Crippen molar-refractivity contribution in [3.63, 3.8) is 0 Å². The number of hydrogen-bond donors (Lipinski definition) is 0. The molecule has 0 aliphatic rings. The molecule has 0 heterocycles. The van der Waals surface area contributed by atoms with Gasteiger partial charge in [0.05, 0.1) is 7.11 Å². The Morgan fingerprint density at radius 3 is 2.04 bits per heavy atom. The third-order valence-corrected chi connectivity index (χ3v) is 4.55. The van der Waals surface area contributed by atoms with Gasteiger partial charge in [0.2, 0.25) is 0 Å². The predicted molar refractivity (Wildman–Crippen MR) is 106 cm³/mol. The van der Waals surface area contributed by atoms with Crippen LogP contribution >= 0.6 is 0 Å². The van der Waals surface area contributed by atoms with Crippen LogP contribution in [0.15, 0.2) is 78.9 Å². The van der Waals surface area contributed by atoms with Gasteiger partial charge in [-0.25, -0.2) is 11.4 Å². The van der Waals surface area contributed by atoms with Gasteiger partial charge in [-0.1, -0.05) is 72.8 Å². The van der Waals surface area contributed by atoms with E-state index in [1.54, 1.807) is 0 Å². The fraction of sp³-hybridized carbons (Fsp3) is 0.167. The van der Waals surface area contributed by atoms with Crippen LogP contribution in [0, 0.1) is 6.57 Å². The number of nitrogens with zero attached hydrogens (tertiary/aromatic N) is 1. The maximum atomic E-state index is 12.2. The lowest BCUT2D eigenvalue weighted by molar-refractivity contribution is -0.141. The summed E-state index contributed by atoms with van der Waals surface area (Å²) in [5.74, 6) is -0.517. The SMILES string of the molecule is [C-]#[N+]C(C(=O)OC)c1cc(Cc2ccccc2)ccc1Cc1ccccc1. The Balaban J connectivity index is 1.99. The van der Waals surface area contributed by atoms with Gasteiger partial charge in [-0.05, 0) is 41.2 Å². The minimum Gasteiger partial charge on any atom is -0.463 e. The van der Waals surface area contributed by atoms with Crippen LogP contribution in [0.2, 0.25) is 0 Å². The number of esters is 1. The standard InChI is InChI=1S/C24H21NO2/c1-25-23(24(26)27-2)22-17-20(15-18-9-5-3-6-10-18)13-14-21(22)16-19-11-7-4-8-12-19/h3-14,17,23H,15-16H2,2H3. The molecule has 0 fully saturated rings. The van der Waals surface area contributed by atoms with E-state index in [4.69, 9.17) is 11.3 Å². The molecule has 1 unspecified atom stereocenters. The Labute approximate surface area is 160 Å². The van der Waals surface area contributed by atoms with Crippen LogP contribution in [0.25, 0.3) is 4.85 Å². The number of carbonyl (C=O) groups is 1. The summed E-state index contributed by atoms with van der Waals surface area (Å²) < 4.78 is 4.87. The number of hydrogen-bond acceptors (Lipinski definition) is 2. The average molecular weight is 355 g/mol. The lowest BCUT2D eigenvalue weighted by Gasteiger charge is -2.13. The van der Waals surface area contributed by atoms with Gasteiger partial charge >= 0.3 is 12.0 Å². The van der Waals surface area contributed by atoms with Crippen molar-refractivity contribution in [3.05, 3.63) is 118 Å². The highest BCUT2D eigenvalue weighted by Gasteiger charge is 2.29. The average Bonchev–Trinajstić information content (AvgIpc) is 2.71. The topological polar surface area (TPSA) is 30.7 Å². The molecular weight excluding hydrogens is 334 g/mol. The molecule has 3 aromatic carbocycles. The van der Waals surface area contributed by atoms with Gasteiger partial charge in [0.15, 0.2) is 0 Å². The molecule has 0 radical (unpaired) electrons. The van der Waals surface area contributed by atoms with Crippen LogP contribution in [0.4, 0.5) is 0 Å². The molecule has 27 heavy (non-hydrogen) atoms. The number of methoxy groups -OCH3 is 1. The summed E-state index contributed by atoms with van der Waals surface area (Å²) in [6.45, 7) is 7.52. The van der Waals surface area contributed by atoms with Crippen LogP contribution in [0.5, 0.6) is 0 Å². The van der Waals surface area contributed by atoms with Gasteiger partial charge < -0.3 is 4.74 Å². The first kappa shape index (κ1) is 18.4. The van der Waals surface area contributed by atoms with Crippen molar-refractivity contribution in [3.8, 4) is 0 Å². The first-order chi connectivity index (χ1) is 13.2. The zero-order valence-electron chi connectivity index (χ0n) is 15.3. The van der Waals surface area contributed by atoms with E-state index in [1.165, 1.54) is 12.7 Å². The molecule has 134 valence electrons. The van der Waals surface area contributed by atoms with Crippen LogP contribution in [0.1, 0.15) is 33.9 Å². The largest absolute Gasteiger partial charge is 0.463 e. The molecule has 0 aromatic heterocycles. The van der Waals surface area contributed by atoms with Crippen molar-refractivity contribution in [2.45, 2.75) is 18.9 Å². The van der Waals surface area contributed by atoms with E-state index in [0.29, 0.717) is 6.42 Å². The molecule has 1 atom stereocenters. The minimum atomic E-state index is -0.940. The van der Waals surface area contributed by atoms with Gasteiger partial charge in [0.25, 0.3) is 0 Å². The molecule has 0 aliphatic carbocycles.